The lowest BCUT2D eigenvalue weighted by Crippen LogP contribution is -2.58. The zero-order valence-corrected chi connectivity index (χ0v) is 12.3. The Labute approximate surface area is 118 Å². The summed E-state index contributed by atoms with van der Waals surface area (Å²) in [7, 11) is 1.47. The van der Waals surface area contributed by atoms with Crippen molar-refractivity contribution in [3.63, 3.8) is 0 Å². The molecular formula is C14H22N4O2. The summed E-state index contributed by atoms with van der Waals surface area (Å²) in [4.78, 5) is 16.8. The summed E-state index contributed by atoms with van der Waals surface area (Å²) in [5.74, 6) is 1.76. The molecule has 1 atom stereocenters. The van der Waals surface area contributed by atoms with Gasteiger partial charge in [-0.1, -0.05) is 0 Å². The van der Waals surface area contributed by atoms with Gasteiger partial charge in [-0.3, -0.25) is 5.32 Å². The summed E-state index contributed by atoms with van der Waals surface area (Å²) >= 11 is 0. The van der Waals surface area contributed by atoms with Gasteiger partial charge < -0.3 is 4.74 Å². The van der Waals surface area contributed by atoms with E-state index in [1.807, 2.05) is 18.5 Å². The summed E-state index contributed by atoms with van der Waals surface area (Å²) in [5.41, 5.74) is -0.638. The van der Waals surface area contributed by atoms with Crippen LogP contribution in [0.15, 0.2) is 0 Å². The molecular weight excluding hydrogens is 256 g/mol. The van der Waals surface area contributed by atoms with E-state index in [1.54, 1.807) is 0 Å². The first kappa shape index (κ1) is 13.5. The molecule has 20 heavy (non-hydrogen) atoms. The zero-order valence-electron chi connectivity index (χ0n) is 12.3. The number of methoxy groups -OCH3 is 1. The first-order chi connectivity index (χ1) is 9.55. The van der Waals surface area contributed by atoms with Gasteiger partial charge in [0.15, 0.2) is 0 Å². The summed E-state index contributed by atoms with van der Waals surface area (Å²) in [5, 5.41) is 7.95. The monoisotopic (exact) mass is 278 g/mol. The maximum Gasteiger partial charge on any atom is 0.328 e. The molecule has 2 saturated carbocycles. The van der Waals surface area contributed by atoms with Crippen molar-refractivity contribution in [1.82, 2.24) is 20.1 Å². The largest absolute Gasteiger partial charge is 0.468 e. The van der Waals surface area contributed by atoms with Gasteiger partial charge in [-0.15, -0.1) is 0 Å². The third-order valence-electron chi connectivity index (χ3n) is 4.22. The standard InChI is InChI=1S/C14H22N4O2/c1-9-15-10(2)18(17-9)8-14(11-4-5-11,13(19)20-3)16-12-6-7-12/h11-12,16H,4-8H2,1-3H3. The van der Waals surface area contributed by atoms with Gasteiger partial charge >= 0.3 is 5.97 Å². The molecule has 1 aromatic heterocycles. The predicted octanol–water partition coefficient (Wildman–Crippen LogP) is 0.969. The molecule has 6 heteroatoms. The number of hydrogen-bond acceptors (Lipinski definition) is 5. The molecule has 2 aliphatic rings. The van der Waals surface area contributed by atoms with Crippen LogP contribution < -0.4 is 5.32 Å². The second kappa shape index (κ2) is 4.84. The number of nitrogens with one attached hydrogen (secondary N) is 1. The van der Waals surface area contributed by atoms with Crippen LogP contribution >= 0.6 is 0 Å². The summed E-state index contributed by atoms with van der Waals surface area (Å²) in [6.45, 7) is 4.30. The Kier molecular flexibility index (Phi) is 3.28. The molecule has 0 amide bonds. The van der Waals surface area contributed by atoms with Gasteiger partial charge in [0.1, 0.15) is 17.2 Å². The third-order valence-corrected chi connectivity index (χ3v) is 4.22. The Morgan fingerprint density at radius 2 is 2.10 bits per heavy atom. The average molecular weight is 278 g/mol. The number of aryl methyl sites for hydroxylation is 2. The van der Waals surface area contributed by atoms with Crippen molar-refractivity contribution in [2.45, 2.75) is 57.7 Å². The fraction of sp³-hybridized carbons (Fsp3) is 0.786. The number of esters is 1. The SMILES string of the molecule is COC(=O)C(Cn1nc(C)nc1C)(NC1CC1)C1CC1. The second-order valence-electron chi connectivity index (χ2n) is 6.02. The van der Waals surface area contributed by atoms with Crippen LogP contribution in [0.2, 0.25) is 0 Å². The number of rotatable bonds is 6. The molecule has 2 fully saturated rings. The average Bonchev–Trinajstić information content (AvgIpc) is 3.28. The number of nitrogens with zero attached hydrogens (tertiary/aromatic N) is 3. The van der Waals surface area contributed by atoms with Crippen LogP contribution in [0.1, 0.15) is 37.3 Å². The Balaban J connectivity index is 1.90. The molecule has 1 unspecified atom stereocenters. The molecule has 0 aliphatic heterocycles. The van der Waals surface area contributed by atoms with Crippen LogP contribution in [0.5, 0.6) is 0 Å². The van der Waals surface area contributed by atoms with Gasteiger partial charge in [0.05, 0.1) is 13.7 Å². The first-order valence-electron chi connectivity index (χ1n) is 7.29. The molecule has 110 valence electrons. The van der Waals surface area contributed by atoms with Gasteiger partial charge in [-0.25, -0.2) is 14.5 Å². The normalized spacial score (nSPS) is 21.6. The molecule has 1 heterocycles. The fourth-order valence-corrected chi connectivity index (χ4v) is 2.88. The molecule has 6 nitrogen and oxygen atoms in total. The van der Waals surface area contributed by atoms with Crippen molar-refractivity contribution in [2.24, 2.45) is 5.92 Å². The van der Waals surface area contributed by atoms with Gasteiger partial charge in [-0.2, -0.15) is 5.10 Å². The molecule has 0 spiro atoms. The van der Waals surface area contributed by atoms with Gasteiger partial charge in [0.2, 0.25) is 0 Å². The number of hydrogen-bond donors (Lipinski definition) is 1. The zero-order chi connectivity index (χ0) is 14.3. The van der Waals surface area contributed by atoms with Crippen molar-refractivity contribution in [3.8, 4) is 0 Å². The highest BCUT2D eigenvalue weighted by molar-refractivity contribution is 5.81. The lowest BCUT2D eigenvalue weighted by molar-refractivity contribution is -0.150. The quantitative estimate of drug-likeness (QED) is 0.785. The Hall–Kier alpha value is -1.43. The van der Waals surface area contributed by atoms with Gasteiger partial charge in [0.25, 0.3) is 0 Å². The van der Waals surface area contributed by atoms with E-state index in [9.17, 15) is 4.79 Å². The smallest absolute Gasteiger partial charge is 0.328 e. The summed E-state index contributed by atoms with van der Waals surface area (Å²) in [6, 6.07) is 0.444. The van der Waals surface area contributed by atoms with Crippen LogP contribution in [0.25, 0.3) is 0 Å². The minimum absolute atomic E-state index is 0.167. The van der Waals surface area contributed by atoms with Crippen LogP contribution in [0, 0.1) is 19.8 Å². The molecule has 1 aromatic rings. The molecule has 0 aromatic carbocycles. The maximum atomic E-state index is 12.5. The van der Waals surface area contributed by atoms with Crippen molar-refractivity contribution in [1.29, 1.82) is 0 Å². The molecule has 1 N–H and O–H groups in total. The van der Waals surface area contributed by atoms with E-state index < -0.39 is 5.54 Å². The van der Waals surface area contributed by atoms with Crippen molar-refractivity contribution < 1.29 is 9.53 Å². The third kappa shape index (κ3) is 2.44. The Morgan fingerprint density at radius 1 is 1.40 bits per heavy atom. The number of aromatic nitrogens is 3. The topological polar surface area (TPSA) is 69.0 Å². The minimum atomic E-state index is -0.638. The van der Waals surface area contributed by atoms with Gasteiger partial charge in [-0.05, 0) is 45.4 Å². The maximum absolute atomic E-state index is 12.5. The lowest BCUT2D eigenvalue weighted by Gasteiger charge is -2.32. The van der Waals surface area contributed by atoms with Crippen molar-refractivity contribution in [3.05, 3.63) is 11.6 Å². The Bertz CT molecular complexity index is 519. The van der Waals surface area contributed by atoms with E-state index in [0.717, 1.165) is 37.3 Å². The minimum Gasteiger partial charge on any atom is -0.468 e. The van der Waals surface area contributed by atoms with E-state index in [-0.39, 0.29) is 5.97 Å². The van der Waals surface area contributed by atoms with Crippen molar-refractivity contribution in [2.75, 3.05) is 7.11 Å². The van der Waals surface area contributed by atoms with E-state index in [2.05, 4.69) is 15.4 Å². The van der Waals surface area contributed by atoms with Crippen LogP contribution in [0.3, 0.4) is 0 Å². The molecule has 0 saturated heterocycles. The fourth-order valence-electron chi connectivity index (χ4n) is 2.88. The number of ether oxygens (including phenoxy) is 1. The molecule has 0 radical (unpaired) electrons. The van der Waals surface area contributed by atoms with Crippen LogP contribution in [-0.4, -0.2) is 39.4 Å². The first-order valence-corrected chi connectivity index (χ1v) is 7.29. The number of carbonyl (C=O) groups excluding carboxylic acids is 1. The van der Waals surface area contributed by atoms with Crippen LogP contribution in [0.4, 0.5) is 0 Å². The van der Waals surface area contributed by atoms with Gasteiger partial charge in [0, 0.05) is 6.04 Å². The highest BCUT2D eigenvalue weighted by atomic mass is 16.5. The highest BCUT2D eigenvalue weighted by Gasteiger charge is 2.54. The summed E-state index contributed by atoms with van der Waals surface area (Å²) < 4.78 is 6.93. The van der Waals surface area contributed by atoms with E-state index in [4.69, 9.17) is 4.74 Å². The molecule has 3 rings (SSSR count). The highest BCUT2D eigenvalue weighted by Crippen LogP contribution is 2.43. The van der Waals surface area contributed by atoms with E-state index in [0.29, 0.717) is 18.5 Å². The summed E-state index contributed by atoms with van der Waals surface area (Å²) in [6.07, 6.45) is 4.42. The second-order valence-corrected chi connectivity index (χ2v) is 6.02. The van der Waals surface area contributed by atoms with Crippen LogP contribution in [-0.2, 0) is 16.1 Å². The molecule has 2 aliphatic carbocycles. The molecule has 0 bridgehead atoms. The number of carbonyl (C=O) groups is 1. The van der Waals surface area contributed by atoms with Crippen molar-refractivity contribution >= 4 is 5.97 Å². The van der Waals surface area contributed by atoms with E-state index >= 15 is 0 Å². The Morgan fingerprint density at radius 3 is 2.55 bits per heavy atom. The predicted molar refractivity (Wildman–Crippen MR) is 73.1 cm³/mol. The lowest BCUT2D eigenvalue weighted by atomic mass is 9.92. The van der Waals surface area contributed by atoms with E-state index in [1.165, 1.54) is 7.11 Å².